The lowest BCUT2D eigenvalue weighted by Gasteiger charge is -2.43. The number of fused-ring (bicyclic) bond motifs is 3. The molecule has 5 rings (SSSR count). The monoisotopic (exact) mass is 331 g/mol. The molecule has 1 fully saturated rings. The van der Waals surface area contributed by atoms with E-state index in [1.165, 1.54) is 5.06 Å². The standard InChI is InChI=1S/C18H21NO5/c1-18(2,3)23-17(20)19-12-5-7-14(24-19)13(9-12)11-4-6-15-16(8-11)22-10-21-15/h4,6,8-9,12,14H,5,7,10H2,1-3H3/t12-,14+/m1/s1. The van der Waals surface area contributed by atoms with Gasteiger partial charge in [-0.1, -0.05) is 12.1 Å². The van der Waals surface area contributed by atoms with E-state index < -0.39 is 11.7 Å². The van der Waals surface area contributed by atoms with Crippen LogP contribution in [0, 0.1) is 0 Å². The zero-order valence-corrected chi connectivity index (χ0v) is 14.1. The van der Waals surface area contributed by atoms with Crippen LogP contribution in [0.25, 0.3) is 5.57 Å². The third kappa shape index (κ3) is 2.71. The van der Waals surface area contributed by atoms with Crippen molar-refractivity contribution in [3.63, 3.8) is 0 Å². The van der Waals surface area contributed by atoms with Gasteiger partial charge >= 0.3 is 6.09 Å². The minimum absolute atomic E-state index is 0.106. The van der Waals surface area contributed by atoms with E-state index in [1.54, 1.807) is 0 Å². The Morgan fingerprint density at radius 2 is 2.00 bits per heavy atom. The van der Waals surface area contributed by atoms with Crippen molar-refractivity contribution in [2.45, 2.75) is 51.4 Å². The van der Waals surface area contributed by atoms with Crippen molar-refractivity contribution in [2.24, 2.45) is 0 Å². The van der Waals surface area contributed by atoms with Crippen molar-refractivity contribution >= 4 is 11.7 Å². The number of carbonyl (C=O) groups is 1. The summed E-state index contributed by atoms with van der Waals surface area (Å²) in [5.41, 5.74) is 1.59. The minimum atomic E-state index is -0.541. The molecule has 2 bridgehead atoms. The Balaban J connectivity index is 1.57. The third-order valence-electron chi connectivity index (χ3n) is 4.26. The van der Waals surface area contributed by atoms with E-state index in [0.717, 1.165) is 35.5 Å². The summed E-state index contributed by atoms with van der Waals surface area (Å²) in [4.78, 5) is 18.2. The molecule has 1 aromatic rings. The number of rotatable bonds is 1. The van der Waals surface area contributed by atoms with Crippen LogP contribution in [0.1, 0.15) is 39.2 Å². The number of benzene rings is 1. The highest BCUT2D eigenvalue weighted by atomic mass is 16.7. The van der Waals surface area contributed by atoms with Crippen molar-refractivity contribution < 1.29 is 23.8 Å². The fourth-order valence-corrected chi connectivity index (χ4v) is 3.23. The van der Waals surface area contributed by atoms with Crippen LogP contribution in [0.3, 0.4) is 0 Å². The van der Waals surface area contributed by atoms with Crippen LogP contribution in [-0.4, -0.2) is 35.7 Å². The van der Waals surface area contributed by atoms with Gasteiger partial charge in [-0.05, 0) is 56.9 Å². The van der Waals surface area contributed by atoms with Crippen molar-refractivity contribution in [1.29, 1.82) is 0 Å². The van der Waals surface area contributed by atoms with Gasteiger partial charge in [-0.3, -0.25) is 4.84 Å². The largest absolute Gasteiger partial charge is 0.454 e. The molecule has 0 saturated carbocycles. The smallest absolute Gasteiger partial charge is 0.435 e. The SMILES string of the molecule is CC(C)(C)OC(=O)N1O[C@H]2CC[C@@H]1C=C2c1ccc2c(c1)OCO2. The summed E-state index contributed by atoms with van der Waals surface area (Å²) in [6.45, 7) is 5.80. The molecule has 1 saturated heterocycles. The Labute approximate surface area is 140 Å². The van der Waals surface area contributed by atoms with Gasteiger partial charge in [-0.2, -0.15) is 5.06 Å². The number of carbonyl (C=O) groups excluding carboxylic acids is 1. The Morgan fingerprint density at radius 3 is 2.71 bits per heavy atom. The van der Waals surface area contributed by atoms with Gasteiger partial charge in [-0.15, -0.1) is 0 Å². The number of ether oxygens (including phenoxy) is 3. The van der Waals surface area contributed by atoms with Crippen LogP contribution >= 0.6 is 0 Å². The number of nitrogens with zero attached hydrogens (tertiary/aromatic N) is 1. The first-order chi connectivity index (χ1) is 11.4. The normalized spacial score (nSPS) is 24.8. The molecule has 6 nitrogen and oxygen atoms in total. The van der Waals surface area contributed by atoms with Crippen LogP contribution in [-0.2, 0) is 9.57 Å². The highest BCUT2D eigenvalue weighted by Gasteiger charge is 2.41. The second-order valence-corrected chi connectivity index (χ2v) is 7.23. The third-order valence-corrected chi connectivity index (χ3v) is 4.26. The topological polar surface area (TPSA) is 57.2 Å². The lowest BCUT2D eigenvalue weighted by Crippen LogP contribution is -2.51. The molecule has 0 spiro atoms. The molecule has 3 aliphatic heterocycles. The fourth-order valence-electron chi connectivity index (χ4n) is 3.23. The summed E-state index contributed by atoms with van der Waals surface area (Å²) in [7, 11) is 0. The zero-order valence-electron chi connectivity index (χ0n) is 14.1. The number of hydrogen-bond donors (Lipinski definition) is 0. The maximum Gasteiger partial charge on any atom is 0.435 e. The second kappa shape index (κ2) is 5.41. The second-order valence-electron chi connectivity index (χ2n) is 7.23. The maximum atomic E-state index is 12.3. The lowest BCUT2D eigenvalue weighted by atomic mass is 9.87. The van der Waals surface area contributed by atoms with Gasteiger partial charge in [0.15, 0.2) is 11.5 Å². The Kier molecular flexibility index (Phi) is 3.46. The maximum absolute atomic E-state index is 12.3. The van der Waals surface area contributed by atoms with Crippen molar-refractivity contribution in [2.75, 3.05) is 6.79 Å². The van der Waals surface area contributed by atoms with E-state index in [4.69, 9.17) is 19.0 Å². The van der Waals surface area contributed by atoms with E-state index in [9.17, 15) is 4.79 Å². The summed E-state index contributed by atoms with van der Waals surface area (Å²) < 4.78 is 16.2. The van der Waals surface area contributed by atoms with Gasteiger partial charge in [0.25, 0.3) is 0 Å². The number of amides is 1. The average molecular weight is 331 g/mol. The Bertz CT molecular complexity index is 706. The highest BCUT2D eigenvalue weighted by molar-refractivity contribution is 5.76. The molecule has 128 valence electrons. The molecule has 0 unspecified atom stereocenters. The number of hydrogen-bond acceptors (Lipinski definition) is 5. The first-order valence-corrected chi connectivity index (χ1v) is 8.21. The van der Waals surface area contributed by atoms with E-state index in [0.29, 0.717) is 0 Å². The lowest BCUT2D eigenvalue weighted by molar-refractivity contribution is -0.210. The van der Waals surface area contributed by atoms with Gasteiger partial charge in [-0.25, -0.2) is 4.79 Å². The predicted molar refractivity (Wildman–Crippen MR) is 86.5 cm³/mol. The molecule has 0 aromatic heterocycles. The van der Waals surface area contributed by atoms with Gasteiger partial charge in [0, 0.05) is 0 Å². The van der Waals surface area contributed by atoms with Crippen molar-refractivity contribution in [3.05, 3.63) is 29.8 Å². The van der Waals surface area contributed by atoms with Crippen LogP contribution in [0.4, 0.5) is 4.79 Å². The van der Waals surface area contributed by atoms with Crippen molar-refractivity contribution in [1.82, 2.24) is 5.06 Å². The van der Waals surface area contributed by atoms with E-state index in [2.05, 4.69) is 6.08 Å². The van der Waals surface area contributed by atoms with Crippen LogP contribution < -0.4 is 9.47 Å². The summed E-state index contributed by atoms with van der Waals surface area (Å²) in [5.74, 6) is 1.51. The molecule has 0 N–H and O–H groups in total. The van der Waals surface area contributed by atoms with E-state index >= 15 is 0 Å². The Hall–Kier alpha value is -2.21. The molecule has 6 heteroatoms. The molecule has 24 heavy (non-hydrogen) atoms. The van der Waals surface area contributed by atoms with E-state index in [-0.39, 0.29) is 18.9 Å². The molecule has 0 radical (unpaired) electrons. The molecule has 3 heterocycles. The first-order valence-electron chi connectivity index (χ1n) is 8.21. The van der Waals surface area contributed by atoms with Gasteiger partial charge in [0.1, 0.15) is 11.7 Å². The molecule has 1 aromatic carbocycles. The molecule has 2 atom stereocenters. The fraction of sp³-hybridized carbons (Fsp3) is 0.500. The van der Waals surface area contributed by atoms with Crippen molar-refractivity contribution in [3.8, 4) is 11.5 Å². The molecular weight excluding hydrogens is 310 g/mol. The van der Waals surface area contributed by atoms with Gasteiger partial charge in [0.2, 0.25) is 6.79 Å². The average Bonchev–Trinajstić information content (AvgIpc) is 3.01. The molecule has 4 aliphatic rings. The summed E-state index contributed by atoms with van der Waals surface area (Å²) in [6.07, 6.45) is 3.27. The Morgan fingerprint density at radius 1 is 1.21 bits per heavy atom. The van der Waals surface area contributed by atoms with Crippen LogP contribution in [0.15, 0.2) is 24.3 Å². The quantitative estimate of drug-likeness (QED) is 0.788. The predicted octanol–water partition coefficient (Wildman–Crippen LogP) is 3.51. The molecular formula is C18H21NO5. The molecule has 1 amide bonds. The highest BCUT2D eigenvalue weighted by Crippen LogP contribution is 2.41. The minimum Gasteiger partial charge on any atom is -0.454 e. The summed E-state index contributed by atoms with van der Waals surface area (Å²) >= 11 is 0. The van der Waals surface area contributed by atoms with Crippen LogP contribution in [0.5, 0.6) is 11.5 Å². The molecule has 1 aliphatic carbocycles. The first kappa shape index (κ1) is 15.3. The zero-order chi connectivity index (χ0) is 16.9. The summed E-state index contributed by atoms with van der Waals surface area (Å²) in [6, 6.07) is 5.77. The summed E-state index contributed by atoms with van der Waals surface area (Å²) in [5, 5.41) is 1.37. The van der Waals surface area contributed by atoms with Gasteiger partial charge < -0.3 is 14.2 Å². The van der Waals surface area contributed by atoms with E-state index in [1.807, 2.05) is 39.0 Å². The van der Waals surface area contributed by atoms with Gasteiger partial charge in [0.05, 0.1) is 6.04 Å². The van der Waals surface area contributed by atoms with Crippen LogP contribution in [0.2, 0.25) is 0 Å². The number of hydroxylamine groups is 2.